The van der Waals surface area contributed by atoms with E-state index in [4.69, 9.17) is 4.74 Å². The first-order valence-corrected chi connectivity index (χ1v) is 7.43. The van der Waals surface area contributed by atoms with Crippen molar-refractivity contribution in [3.05, 3.63) is 0 Å². The molecule has 2 aliphatic rings. The predicted octanol–water partition coefficient (Wildman–Crippen LogP) is 3.50. The highest BCUT2D eigenvalue weighted by Gasteiger charge is 2.45. The van der Waals surface area contributed by atoms with Gasteiger partial charge in [0.05, 0.1) is 12.2 Å². The van der Waals surface area contributed by atoms with E-state index in [0.29, 0.717) is 5.41 Å². The molecule has 0 bridgehead atoms. The molecule has 0 aromatic heterocycles. The first kappa shape index (κ1) is 13.4. The van der Waals surface area contributed by atoms with Crippen molar-refractivity contribution < 1.29 is 4.74 Å². The molecule has 1 aliphatic carbocycles. The van der Waals surface area contributed by atoms with Crippen LogP contribution in [0.25, 0.3) is 0 Å². The summed E-state index contributed by atoms with van der Waals surface area (Å²) in [5, 5.41) is 3.71. The Kier molecular flexibility index (Phi) is 4.14. The summed E-state index contributed by atoms with van der Waals surface area (Å²) in [6.07, 6.45) is 9.30. The smallest absolute Gasteiger partial charge is 0.0632 e. The van der Waals surface area contributed by atoms with Gasteiger partial charge in [-0.05, 0) is 64.3 Å². The minimum atomic E-state index is 0.127. The number of nitrogens with one attached hydrogen (secondary N) is 1. The van der Waals surface area contributed by atoms with E-state index in [9.17, 15) is 0 Å². The monoisotopic (exact) mass is 239 g/mol. The van der Waals surface area contributed by atoms with Crippen molar-refractivity contribution in [2.75, 3.05) is 13.2 Å². The summed E-state index contributed by atoms with van der Waals surface area (Å²) in [5.41, 5.74) is 0.648. The van der Waals surface area contributed by atoms with Crippen LogP contribution in [0.15, 0.2) is 0 Å². The van der Waals surface area contributed by atoms with Crippen LogP contribution < -0.4 is 5.32 Å². The predicted molar refractivity (Wildman–Crippen MR) is 72.2 cm³/mol. The number of rotatable bonds is 4. The lowest BCUT2D eigenvalue weighted by Gasteiger charge is -2.37. The molecule has 2 heteroatoms. The van der Waals surface area contributed by atoms with Crippen molar-refractivity contribution in [3.8, 4) is 0 Å². The van der Waals surface area contributed by atoms with Crippen molar-refractivity contribution >= 4 is 0 Å². The van der Waals surface area contributed by atoms with Gasteiger partial charge in [-0.25, -0.2) is 0 Å². The van der Waals surface area contributed by atoms with Crippen LogP contribution in [0, 0.1) is 5.41 Å². The molecule has 1 heterocycles. The van der Waals surface area contributed by atoms with E-state index in [1.165, 1.54) is 51.5 Å². The number of unbranched alkanes of at least 4 members (excludes halogenated alkanes) is 1. The summed E-state index contributed by atoms with van der Waals surface area (Å²) in [5.74, 6) is 0. The maximum atomic E-state index is 5.95. The quantitative estimate of drug-likeness (QED) is 0.758. The fraction of sp³-hybridized carbons (Fsp3) is 1.00. The minimum Gasteiger partial charge on any atom is -0.375 e. The van der Waals surface area contributed by atoms with Crippen LogP contribution in [0.3, 0.4) is 0 Å². The normalized spacial score (nSPS) is 36.5. The summed E-state index contributed by atoms with van der Waals surface area (Å²) >= 11 is 0. The first-order valence-electron chi connectivity index (χ1n) is 7.43. The van der Waals surface area contributed by atoms with Gasteiger partial charge >= 0.3 is 0 Å². The van der Waals surface area contributed by atoms with Crippen LogP contribution in [0.1, 0.15) is 65.7 Å². The third-order valence-electron chi connectivity index (χ3n) is 4.58. The third kappa shape index (κ3) is 3.45. The SMILES string of the molecule is CCCCNC1CCC2(CC1)COC(C)(C)C2. The zero-order valence-corrected chi connectivity index (χ0v) is 11.8. The van der Waals surface area contributed by atoms with E-state index in [2.05, 4.69) is 26.1 Å². The van der Waals surface area contributed by atoms with Gasteiger partial charge in [0.1, 0.15) is 0 Å². The number of ether oxygens (including phenoxy) is 1. The summed E-state index contributed by atoms with van der Waals surface area (Å²) in [7, 11) is 0. The Morgan fingerprint density at radius 1 is 1.24 bits per heavy atom. The van der Waals surface area contributed by atoms with Gasteiger partial charge < -0.3 is 10.1 Å². The van der Waals surface area contributed by atoms with E-state index < -0.39 is 0 Å². The van der Waals surface area contributed by atoms with Crippen LogP contribution in [-0.2, 0) is 4.74 Å². The van der Waals surface area contributed by atoms with E-state index >= 15 is 0 Å². The van der Waals surface area contributed by atoms with Crippen molar-refractivity contribution in [2.24, 2.45) is 5.41 Å². The Morgan fingerprint density at radius 2 is 1.94 bits per heavy atom. The molecular formula is C15H29NO. The van der Waals surface area contributed by atoms with Crippen LogP contribution in [0.4, 0.5) is 0 Å². The van der Waals surface area contributed by atoms with Gasteiger partial charge in [-0.15, -0.1) is 0 Å². The molecule has 0 radical (unpaired) electrons. The number of hydrogen-bond acceptors (Lipinski definition) is 2. The molecule has 2 fully saturated rings. The molecule has 0 unspecified atom stereocenters. The molecule has 1 N–H and O–H groups in total. The van der Waals surface area contributed by atoms with Gasteiger partial charge in [0, 0.05) is 6.04 Å². The Labute approximate surface area is 107 Å². The molecule has 1 spiro atoms. The molecule has 100 valence electrons. The highest BCUT2D eigenvalue weighted by molar-refractivity contribution is 4.96. The fourth-order valence-electron chi connectivity index (χ4n) is 3.59. The molecule has 0 aromatic rings. The largest absolute Gasteiger partial charge is 0.375 e. The van der Waals surface area contributed by atoms with Crippen LogP contribution >= 0.6 is 0 Å². The van der Waals surface area contributed by atoms with E-state index in [-0.39, 0.29) is 5.60 Å². The molecule has 1 saturated heterocycles. The summed E-state index contributed by atoms with van der Waals surface area (Å²) in [6.45, 7) is 8.95. The van der Waals surface area contributed by atoms with Gasteiger partial charge in [0.15, 0.2) is 0 Å². The molecule has 0 aromatic carbocycles. The second-order valence-corrected chi connectivity index (χ2v) is 6.81. The Hall–Kier alpha value is -0.0800. The van der Waals surface area contributed by atoms with Gasteiger partial charge in [0.25, 0.3) is 0 Å². The van der Waals surface area contributed by atoms with E-state index in [1.54, 1.807) is 0 Å². The van der Waals surface area contributed by atoms with E-state index in [0.717, 1.165) is 12.6 Å². The zero-order chi connectivity index (χ0) is 12.4. The standard InChI is InChI=1S/C15H29NO/c1-4-5-10-16-13-6-8-15(9-7-13)11-14(2,3)17-12-15/h13,16H,4-12H2,1-3H3. The third-order valence-corrected chi connectivity index (χ3v) is 4.58. The topological polar surface area (TPSA) is 21.3 Å². The van der Waals surface area contributed by atoms with Crippen LogP contribution in [-0.4, -0.2) is 24.8 Å². The Morgan fingerprint density at radius 3 is 2.47 bits per heavy atom. The summed E-state index contributed by atoms with van der Waals surface area (Å²) < 4.78 is 5.95. The van der Waals surface area contributed by atoms with Crippen molar-refractivity contribution in [1.82, 2.24) is 5.32 Å². The molecule has 1 aliphatic heterocycles. The van der Waals surface area contributed by atoms with Gasteiger partial charge in [-0.3, -0.25) is 0 Å². The zero-order valence-electron chi connectivity index (χ0n) is 11.8. The molecule has 17 heavy (non-hydrogen) atoms. The molecule has 0 atom stereocenters. The second kappa shape index (κ2) is 5.27. The highest BCUT2D eigenvalue weighted by atomic mass is 16.5. The lowest BCUT2D eigenvalue weighted by molar-refractivity contribution is 0.0277. The van der Waals surface area contributed by atoms with Gasteiger partial charge in [0.2, 0.25) is 0 Å². The molecule has 2 rings (SSSR count). The minimum absolute atomic E-state index is 0.127. The van der Waals surface area contributed by atoms with E-state index in [1.807, 2.05) is 0 Å². The van der Waals surface area contributed by atoms with Gasteiger partial charge in [-0.1, -0.05) is 13.3 Å². The molecular weight excluding hydrogens is 210 g/mol. The van der Waals surface area contributed by atoms with Crippen molar-refractivity contribution in [3.63, 3.8) is 0 Å². The second-order valence-electron chi connectivity index (χ2n) is 6.81. The van der Waals surface area contributed by atoms with Crippen LogP contribution in [0.2, 0.25) is 0 Å². The first-order chi connectivity index (χ1) is 8.05. The van der Waals surface area contributed by atoms with Gasteiger partial charge in [-0.2, -0.15) is 0 Å². The van der Waals surface area contributed by atoms with Crippen LogP contribution in [0.5, 0.6) is 0 Å². The summed E-state index contributed by atoms with van der Waals surface area (Å²) in [4.78, 5) is 0. The summed E-state index contributed by atoms with van der Waals surface area (Å²) in [6, 6.07) is 0.774. The fourth-order valence-corrected chi connectivity index (χ4v) is 3.59. The van der Waals surface area contributed by atoms with Crippen molar-refractivity contribution in [2.45, 2.75) is 77.4 Å². The Balaban J connectivity index is 1.74. The van der Waals surface area contributed by atoms with Crippen molar-refractivity contribution in [1.29, 1.82) is 0 Å². The molecule has 0 amide bonds. The maximum Gasteiger partial charge on any atom is 0.0632 e. The lowest BCUT2D eigenvalue weighted by atomic mass is 9.70. The maximum absolute atomic E-state index is 5.95. The molecule has 1 saturated carbocycles. The lowest BCUT2D eigenvalue weighted by Crippen LogP contribution is -2.38. The average molecular weight is 239 g/mol. The Bertz CT molecular complexity index is 241. The highest BCUT2D eigenvalue weighted by Crippen LogP contribution is 2.48. The number of hydrogen-bond donors (Lipinski definition) is 1. The molecule has 2 nitrogen and oxygen atoms in total. The average Bonchev–Trinajstić information content (AvgIpc) is 2.58.